The molecule has 2 atom stereocenters. The molecule has 1 aliphatic rings. The molecule has 1 fully saturated rings. The number of sulfonamides is 1. The quantitative estimate of drug-likeness (QED) is 0.807. The zero-order chi connectivity index (χ0) is 15.3. The monoisotopic (exact) mass is 328 g/mol. The standard InChI is InChI=1S/C15H24N2O2S2/c1-3-16-21(18,19)13-10-8-12(9-11-13)17-14-6-5-7-15(14)20-4-2/h8-11,14-17H,3-7H2,1-2H3. The number of thioether (sulfide) groups is 1. The molecule has 0 spiro atoms. The summed E-state index contributed by atoms with van der Waals surface area (Å²) >= 11 is 2.01. The first-order valence-corrected chi connectivity index (χ1v) is 10.1. The van der Waals surface area contributed by atoms with Gasteiger partial charge in [-0.3, -0.25) is 0 Å². The Labute approximate surface area is 132 Å². The van der Waals surface area contributed by atoms with E-state index in [1.165, 1.54) is 19.3 Å². The van der Waals surface area contributed by atoms with Crippen LogP contribution in [0.1, 0.15) is 33.1 Å². The number of rotatable bonds is 7. The maximum Gasteiger partial charge on any atom is 0.240 e. The molecule has 2 unspecified atom stereocenters. The fraction of sp³-hybridized carbons (Fsp3) is 0.600. The van der Waals surface area contributed by atoms with Crippen molar-refractivity contribution in [3.8, 4) is 0 Å². The minimum Gasteiger partial charge on any atom is -0.381 e. The van der Waals surface area contributed by atoms with E-state index in [2.05, 4.69) is 17.0 Å². The summed E-state index contributed by atoms with van der Waals surface area (Å²) in [6.07, 6.45) is 3.72. The summed E-state index contributed by atoms with van der Waals surface area (Å²) in [5.74, 6) is 1.14. The van der Waals surface area contributed by atoms with Gasteiger partial charge in [0, 0.05) is 23.5 Å². The van der Waals surface area contributed by atoms with E-state index in [-0.39, 0.29) is 0 Å². The SMILES string of the molecule is CCNS(=O)(=O)c1ccc(NC2CCCC2SCC)cc1. The van der Waals surface area contributed by atoms with Crippen LogP contribution in [0.3, 0.4) is 0 Å². The molecule has 2 N–H and O–H groups in total. The Bertz CT molecular complexity index is 543. The highest BCUT2D eigenvalue weighted by Gasteiger charge is 2.26. The van der Waals surface area contributed by atoms with E-state index in [9.17, 15) is 8.42 Å². The van der Waals surface area contributed by atoms with Crippen LogP contribution in [0.4, 0.5) is 5.69 Å². The number of hydrogen-bond acceptors (Lipinski definition) is 4. The minimum atomic E-state index is -3.36. The van der Waals surface area contributed by atoms with E-state index in [0.717, 1.165) is 11.4 Å². The summed E-state index contributed by atoms with van der Waals surface area (Å²) < 4.78 is 26.3. The lowest BCUT2D eigenvalue weighted by atomic mass is 10.2. The van der Waals surface area contributed by atoms with Crippen molar-refractivity contribution in [3.63, 3.8) is 0 Å². The van der Waals surface area contributed by atoms with Crippen molar-refractivity contribution >= 4 is 27.5 Å². The summed E-state index contributed by atoms with van der Waals surface area (Å²) in [7, 11) is -3.36. The maximum atomic E-state index is 11.9. The second-order valence-electron chi connectivity index (χ2n) is 5.20. The smallest absolute Gasteiger partial charge is 0.240 e. The molecule has 0 bridgehead atoms. The van der Waals surface area contributed by atoms with Crippen molar-refractivity contribution < 1.29 is 8.42 Å². The lowest BCUT2D eigenvalue weighted by Crippen LogP contribution is -2.26. The molecule has 21 heavy (non-hydrogen) atoms. The highest BCUT2D eigenvalue weighted by Crippen LogP contribution is 2.32. The van der Waals surface area contributed by atoms with Crippen LogP contribution in [0, 0.1) is 0 Å². The van der Waals surface area contributed by atoms with E-state index in [1.54, 1.807) is 19.1 Å². The molecule has 1 aromatic carbocycles. The van der Waals surface area contributed by atoms with Gasteiger partial charge in [0.25, 0.3) is 0 Å². The molecule has 1 aromatic rings. The average molecular weight is 329 g/mol. The topological polar surface area (TPSA) is 58.2 Å². The lowest BCUT2D eigenvalue weighted by molar-refractivity contribution is 0.584. The molecule has 2 rings (SSSR count). The van der Waals surface area contributed by atoms with Gasteiger partial charge in [-0.25, -0.2) is 13.1 Å². The predicted octanol–water partition coefficient (Wildman–Crippen LogP) is 3.07. The van der Waals surface area contributed by atoms with Gasteiger partial charge in [0.2, 0.25) is 10.0 Å². The van der Waals surface area contributed by atoms with Gasteiger partial charge in [-0.05, 0) is 42.9 Å². The number of nitrogens with one attached hydrogen (secondary N) is 2. The Hall–Kier alpha value is -0.720. The van der Waals surface area contributed by atoms with Crippen LogP contribution in [0.25, 0.3) is 0 Å². The molecular weight excluding hydrogens is 304 g/mol. The first-order valence-electron chi connectivity index (χ1n) is 7.54. The molecule has 0 amide bonds. The van der Waals surface area contributed by atoms with Crippen molar-refractivity contribution in [1.29, 1.82) is 0 Å². The Balaban J connectivity index is 2.03. The van der Waals surface area contributed by atoms with Crippen LogP contribution in [-0.4, -0.2) is 32.0 Å². The number of anilines is 1. The van der Waals surface area contributed by atoms with E-state index >= 15 is 0 Å². The summed E-state index contributed by atoms with van der Waals surface area (Å²) in [5, 5.41) is 4.22. The van der Waals surface area contributed by atoms with E-state index < -0.39 is 10.0 Å². The van der Waals surface area contributed by atoms with Crippen molar-refractivity contribution in [1.82, 2.24) is 4.72 Å². The van der Waals surface area contributed by atoms with Gasteiger partial charge in [-0.1, -0.05) is 20.3 Å². The first-order chi connectivity index (χ1) is 10.1. The largest absolute Gasteiger partial charge is 0.381 e. The van der Waals surface area contributed by atoms with Gasteiger partial charge in [0.05, 0.1) is 4.90 Å². The normalized spacial score (nSPS) is 22.4. The zero-order valence-electron chi connectivity index (χ0n) is 12.6. The highest BCUT2D eigenvalue weighted by molar-refractivity contribution is 7.99. The lowest BCUT2D eigenvalue weighted by Gasteiger charge is -2.21. The third-order valence-corrected chi connectivity index (χ3v) is 6.57. The van der Waals surface area contributed by atoms with Crippen molar-refractivity contribution in [3.05, 3.63) is 24.3 Å². The fourth-order valence-electron chi connectivity index (χ4n) is 2.72. The molecule has 6 heteroatoms. The maximum absolute atomic E-state index is 11.9. The van der Waals surface area contributed by atoms with Crippen LogP contribution >= 0.6 is 11.8 Å². The minimum absolute atomic E-state index is 0.320. The van der Waals surface area contributed by atoms with Crippen LogP contribution in [0.15, 0.2) is 29.2 Å². The molecule has 4 nitrogen and oxygen atoms in total. The van der Waals surface area contributed by atoms with Gasteiger partial charge in [-0.2, -0.15) is 11.8 Å². The molecule has 0 saturated heterocycles. The molecule has 118 valence electrons. The number of hydrogen-bond donors (Lipinski definition) is 2. The van der Waals surface area contributed by atoms with Crippen LogP contribution < -0.4 is 10.0 Å². The van der Waals surface area contributed by atoms with Gasteiger partial charge in [0.15, 0.2) is 0 Å². The fourth-order valence-corrected chi connectivity index (χ4v) is 4.96. The summed E-state index contributed by atoms with van der Waals surface area (Å²) in [6, 6.07) is 7.53. The molecule has 0 heterocycles. The van der Waals surface area contributed by atoms with Crippen LogP contribution in [-0.2, 0) is 10.0 Å². The molecule has 0 aromatic heterocycles. The van der Waals surface area contributed by atoms with E-state index in [0.29, 0.717) is 22.7 Å². The molecular formula is C15H24N2O2S2. The second kappa shape index (κ2) is 7.51. The van der Waals surface area contributed by atoms with Crippen molar-refractivity contribution in [2.45, 2.75) is 49.3 Å². The predicted molar refractivity (Wildman–Crippen MR) is 90.5 cm³/mol. The summed E-state index contributed by atoms with van der Waals surface area (Å²) in [6.45, 7) is 4.37. The van der Waals surface area contributed by atoms with E-state index in [4.69, 9.17) is 0 Å². The average Bonchev–Trinajstić information content (AvgIpc) is 2.87. The van der Waals surface area contributed by atoms with Gasteiger partial charge in [-0.15, -0.1) is 0 Å². The van der Waals surface area contributed by atoms with Gasteiger partial charge < -0.3 is 5.32 Å². The third-order valence-electron chi connectivity index (χ3n) is 3.68. The van der Waals surface area contributed by atoms with Crippen molar-refractivity contribution in [2.75, 3.05) is 17.6 Å². The molecule has 1 saturated carbocycles. The van der Waals surface area contributed by atoms with Crippen molar-refractivity contribution in [2.24, 2.45) is 0 Å². The van der Waals surface area contributed by atoms with Gasteiger partial charge in [0.1, 0.15) is 0 Å². The second-order valence-corrected chi connectivity index (χ2v) is 8.48. The Morgan fingerprint density at radius 1 is 1.19 bits per heavy atom. The Morgan fingerprint density at radius 2 is 1.90 bits per heavy atom. The summed E-state index contributed by atoms with van der Waals surface area (Å²) in [5.41, 5.74) is 0.999. The van der Waals surface area contributed by atoms with E-state index in [1.807, 2.05) is 23.9 Å². The molecule has 0 aliphatic heterocycles. The Kier molecular flexibility index (Phi) is 5.96. The Morgan fingerprint density at radius 3 is 2.52 bits per heavy atom. The van der Waals surface area contributed by atoms with Crippen LogP contribution in [0.2, 0.25) is 0 Å². The summed E-state index contributed by atoms with van der Waals surface area (Å²) in [4.78, 5) is 0.320. The van der Waals surface area contributed by atoms with Gasteiger partial charge >= 0.3 is 0 Å². The van der Waals surface area contributed by atoms with Crippen LogP contribution in [0.5, 0.6) is 0 Å². The highest BCUT2D eigenvalue weighted by atomic mass is 32.2. The molecule has 0 radical (unpaired) electrons. The molecule has 1 aliphatic carbocycles. The number of benzene rings is 1. The first kappa shape index (κ1) is 16.6. The third kappa shape index (κ3) is 4.37. The zero-order valence-corrected chi connectivity index (χ0v) is 14.3.